The Bertz CT molecular complexity index is 214. The average Bonchev–Trinajstić information content (AvgIpc) is 2.13. The molecule has 0 aliphatic carbocycles. The molecule has 0 bridgehead atoms. The molecule has 1 aliphatic rings. The summed E-state index contributed by atoms with van der Waals surface area (Å²) in [6.07, 6.45) is 1.18. The minimum absolute atomic E-state index is 0.0810. The molecule has 88 valence electrons. The summed E-state index contributed by atoms with van der Waals surface area (Å²) < 4.78 is 0. The first-order valence-corrected chi connectivity index (χ1v) is 6.04. The van der Waals surface area contributed by atoms with Crippen LogP contribution < -0.4 is 5.32 Å². The molecule has 1 fully saturated rings. The summed E-state index contributed by atoms with van der Waals surface area (Å²) in [6.45, 7) is 11.6. The van der Waals surface area contributed by atoms with Gasteiger partial charge < -0.3 is 5.32 Å². The number of amides is 1. The summed E-state index contributed by atoms with van der Waals surface area (Å²) in [5.41, 5.74) is 0. The SMILES string of the molecule is CC(C)CCN1CCNC(=O)C1C(C)C. The fourth-order valence-electron chi connectivity index (χ4n) is 2.13. The minimum atomic E-state index is 0.0810. The maximum atomic E-state index is 11.7. The van der Waals surface area contributed by atoms with Crippen molar-refractivity contribution in [2.75, 3.05) is 19.6 Å². The molecule has 15 heavy (non-hydrogen) atoms. The Labute approximate surface area is 93.2 Å². The van der Waals surface area contributed by atoms with E-state index in [0.29, 0.717) is 11.8 Å². The van der Waals surface area contributed by atoms with Crippen molar-refractivity contribution in [2.45, 2.75) is 40.2 Å². The van der Waals surface area contributed by atoms with Gasteiger partial charge in [-0.15, -0.1) is 0 Å². The van der Waals surface area contributed by atoms with Crippen molar-refractivity contribution >= 4 is 5.91 Å². The maximum absolute atomic E-state index is 11.7. The van der Waals surface area contributed by atoms with E-state index in [9.17, 15) is 4.79 Å². The van der Waals surface area contributed by atoms with Gasteiger partial charge in [0.15, 0.2) is 0 Å². The van der Waals surface area contributed by atoms with Crippen LogP contribution in [-0.2, 0) is 4.79 Å². The first-order valence-electron chi connectivity index (χ1n) is 6.04. The Morgan fingerprint density at radius 1 is 1.40 bits per heavy atom. The van der Waals surface area contributed by atoms with Gasteiger partial charge in [0.2, 0.25) is 5.91 Å². The van der Waals surface area contributed by atoms with Crippen LogP contribution in [0.3, 0.4) is 0 Å². The third-order valence-electron chi connectivity index (χ3n) is 2.99. The van der Waals surface area contributed by atoms with Gasteiger partial charge in [0.05, 0.1) is 6.04 Å². The standard InChI is InChI=1S/C12H24N2O/c1-9(2)5-7-14-8-6-13-12(15)11(14)10(3)4/h9-11H,5-8H2,1-4H3,(H,13,15). The zero-order valence-electron chi connectivity index (χ0n) is 10.4. The summed E-state index contributed by atoms with van der Waals surface area (Å²) in [7, 11) is 0. The second-order valence-electron chi connectivity index (χ2n) is 5.20. The van der Waals surface area contributed by atoms with Crippen LogP contribution in [0.2, 0.25) is 0 Å². The number of hydrogen-bond acceptors (Lipinski definition) is 2. The van der Waals surface area contributed by atoms with Gasteiger partial charge in [-0.05, 0) is 24.8 Å². The second-order valence-corrected chi connectivity index (χ2v) is 5.20. The van der Waals surface area contributed by atoms with Gasteiger partial charge in [-0.25, -0.2) is 0 Å². The van der Waals surface area contributed by atoms with Crippen molar-refractivity contribution in [3.05, 3.63) is 0 Å². The number of hydrogen-bond donors (Lipinski definition) is 1. The van der Waals surface area contributed by atoms with E-state index in [0.717, 1.165) is 19.6 Å². The van der Waals surface area contributed by atoms with Crippen LogP contribution in [0.1, 0.15) is 34.1 Å². The molecule has 1 heterocycles. The first kappa shape index (κ1) is 12.5. The van der Waals surface area contributed by atoms with E-state index in [1.54, 1.807) is 0 Å². The molecule has 1 aliphatic heterocycles. The van der Waals surface area contributed by atoms with Gasteiger partial charge in [-0.1, -0.05) is 27.7 Å². The third kappa shape index (κ3) is 3.49. The molecular weight excluding hydrogens is 188 g/mol. The number of carbonyl (C=O) groups excluding carboxylic acids is 1. The van der Waals surface area contributed by atoms with Crippen molar-refractivity contribution in [3.63, 3.8) is 0 Å². The van der Waals surface area contributed by atoms with Crippen LogP contribution in [0.5, 0.6) is 0 Å². The summed E-state index contributed by atoms with van der Waals surface area (Å²) in [5.74, 6) is 1.32. The highest BCUT2D eigenvalue weighted by Gasteiger charge is 2.31. The van der Waals surface area contributed by atoms with E-state index in [1.165, 1.54) is 6.42 Å². The molecule has 3 nitrogen and oxygen atoms in total. The van der Waals surface area contributed by atoms with Gasteiger partial charge in [-0.3, -0.25) is 9.69 Å². The fourth-order valence-corrected chi connectivity index (χ4v) is 2.13. The zero-order chi connectivity index (χ0) is 11.4. The first-order chi connectivity index (χ1) is 7.02. The second kappa shape index (κ2) is 5.50. The predicted octanol–water partition coefficient (Wildman–Crippen LogP) is 1.49. The zero-order valence-corrected chi connectivity index (χ0v) is 10.4. The highest BCUT2D eigenvalue weighted by atomic mass is 16.2. The van der Waals surface area contributed by atoms with Gasteiger partial charge in [-0.2, -0.15) is 0 Å². The minimum Gasteiger partial charge on any atom is -0.353 e. The molecule has 1 N–H and O–H groups in total. The summed E-state index contributed by atoms with van der Waals surface area (Å²) in [5, 5.41) is 2.95. The summed E-state index contributed by atoms with van der Waals surface area (Å²) in [6, 6.07) is 0.0810. The molecule has 0 aromatic rings. The lowest BCUT2D eigenvalue weighted by molar-refractivity contribution is -0.130. The molecule has 1 amide bonds. The Hall–Kier alpha value is -0.570. The van der Waals surface area contributed by atoms with Crippen molar-refractivity contribution in [3.8, 4) is 0 Å². The van der Waals surface area contributed by atoms with E-state index in [1.807, 2.05) is 0 Å². The Kier molecular flexibility index (Phi) is 4.58. The predicted molar refractivity (Wildman–Crippen MR) is 62.7 cm³/mol. The Morgan fingerprint density at radius 2 is 2.07 bits per heavy atom. The molecule has 0 saturated carbocycles. The van der Waals surface area contributed by atoms with Crippen LogP contribution in [0.15, 0.2) is 0 Å². The molecule has 0 spiro atoms. The normalized spacial score (nSPS) is 23.6. The largest absolute Gasteiger partial charge is 0.353 e. The van der Waals surface area contributed by atoms with Crippen LogP contribution in [0.4, 0.5) is 0 Å². The van der Waals surface area contributed by atoms with Crippen LogP contribution in [0.25, 0.3) is 0 Å². The van der Waals surface area contributed by atoms with E-state index in [4.69, 9.17) is 0 Å². The molecule has 0 aromatic carbocycles. The van der Waals surface area contributed by atoms with E-state index >= 15 is 0 Å². The van der Waals surface area contributed by atoms with Gasteiger partial charge in [0, 0.05) is 13.1 Å². The number of piperazine rings is 1. The average molecular weight is 212 g/mol. The number of carbonyl (C=O) groups is 1. The molecule has 1 rings (SSSR count). The van der Waals surface area contributed by atoms with Crippen LogP contribution in [-0.4, -0.2) is 36.5 Å². The van der Waals surface area contributed by atoms with Gasteiger partial charge in [0.1, 0.15) is 0 Å². The molecular formula is C12H24N2O. The molecule has 1 atom stereocenters. The van der Waals surface area contributed by atoms with E-state index < -0.39 is 0 Å². The van der Waals surface area contributed by atoms with Crippen molar-refractivity contribution in [2.24, 2.45) is 11.8 Å². The molecule has 3 heteroatoms. The maximum Gasteiger partial charge on any atom is 0.237 e. The summed E-state index contributed by atoms with van der Waals surface area (Å²) >= 11 is 0. The van der Waals surface area contributed by atoms with Gasteiger partial charge >= 0.3 is 0 Å². The third-order valence-corrected chi connectivity index (χ3v) is 2.99. The fraction of sp³-hybridized carbons (Fsp3) is 0.917. The van der Waals surface area contributed by atoms with E-state index in [-0.39, 0.29) is 11.9 Å². The highest BCUT2D eigenvalue weighted by molar-refractivity contribution is 5.82. The highest BCUT2D eigenvalue weighted by Crippen LogP contribution is 2.15. The molecule has 0 aromatic heterocycles. The van der Waals surface area contributed by atoms with Crippen LogP contribution in [0, 0.1) is 11.8 Å². The molecule has 0 radical (unpaired) electrons. The molecule has 1 saturated heterocycles. The number of rotatable bonds is 4. The lowest BCUT2D eigenvalue weighted by atomic mass is 9.98. The van der Waals surface area contributed by atoms with E-state index in [2.05, 4.69) is 37.9 Å². The lowest BCUT2D eigenvalue weighted by Gasteiger charge is -2.37. The Morgan fingerprint density at radius 3 is 2.60 bits per heavy atom. The summed E-state index contributed by atoms with van der Waals surface area (Å²) in [4.78, 5) is 14.1. The topological polar surface area (TPSA) is 32.3 Å². The molecule has 1 unspecified atom stereocenters. The van der Waals surface area contributed by atoms with Gasteiger partial charge in [0.25, 0.3) is 0 Å². The number of nitrogens with one attached hydrogen (secondary N) is 1. The quantitative estimate of drug-likeness (QED) is 0.765. The van der Waals surface area contributed by atoms with Crippen molar-refractivity contribution in [1.82, 2.24) is 10.2 Å². The Balaban J connectivity index is 2.55. The van der Waals surface area contributed by atoms with Crippen molar-refractivity contribution < 1.29 is 4.79 Å². The number of nitrogens with zero attached hydrogens (tertiary/aromatic N) is 1. The lowest BCUT2D eigenvalue weighted by Crippen LogP contribution is -2.57. The smallest absolute Gasteiger partial charge is 0.237 e. The van der Waals surface area contributed by atoms with Crippen molar-refractivity contribution in [1.29, 1.82) is 0 Å². The van der Waals surface area contributed by atoms with Crippen LogP contribution >= 0.6 is 0 Å². The monoisotopic (exact) mass is 212 g/mol.